The number of methoxy groups -OCH3 is 2. The van der Waals surface area contributed by atoms with Gasteiger partial charge in [0.05, 0.1) is 24.8 Å². The fraction of sp³-hybridized carbons (Fsp3) is 0.375. The number of rotatable bonds is 13. The Hall–Kier alpha value is -4.05. The molecule has 42 heavy (non-hydrogen) atoms. The molecule has 0 spiro atoms. The van der Waals surface area contributed by atoms with E-state index in [-0.39, 0.29) is 29.1 Å². The van der Waals surface area contributed by atoms with Crippen LogP contribution in [-0.4, -0.2) is 58.0 Å². The lowest BCUT2D eigenvalue weighted by Gasteiger charge is -2.33. The Morgan fingerprint density at radius 3 is 2.14 bits per heavy atom. The van der Waals surface area contributed by atoms with Crippen LogP contribution < -0.4 is 19.1 Å². The van der Waals surface area contributed by atoms with Crippen molar-refractivity contribution in [2.24, 2.45) is 0 Å². The van der Waals surface area contributed by atoms with Gasteiger partial charge in [0.2, 0.25) is 11.8 Å². The first-order chi connectivity index (χ1) is 19.9. The van der Waals surface area contributed by atoms with Crippen LogP contribution in [0.25, 0.3) is 0 Å². The van der Waals surface area contributed by atoms with Gasteiger partial charge in [-0.15, -0.1) is 0 Å². The van der Waals surface area contributed by atoms with Gasteiger partial charge in [-0.05, 0) is 69.5 Å². The topological polar surface area (TPSA) is 105 Å². The van der Waals surface area contributed by atoms with Crippen molar-refractivity contribution in [3.8, 4) is 11.5 Å². The van der Waals surface area contributed by atoms with Crippen molar-refractivity contribution in [1.29, 1.82) is 0 Å². The summed E-state index contributed by atoms with van der Waals surface area (Å²) < 4.78 is 39.9. The molecule has 2 atom stereocenters. The quantitative estimate of drug-likeness (QED) is 0.303. The summed E-state index contributed by atoms with van der Waals surface area (Å²) in [7, 11) is -1.27. The SMILES string of the molecule is CC[C@@H](C)NC(=O)[C@@H](C)N(Cc1ccccc1C)C(=O)CN(c1ccc(OC)c(OC)c1)S(=O)(=O)c1ccc(C)cc1. The summed E-state index contributed by atoms with van der Waals surface area (Å²) in [5.41, 5.74) is 2.92. The highest BCUT2D eigenvalue weighted by atomic mass is 32.2. The van der Waals surface area contributed by atoms with E-state index in [1.807, 2.05) is 52.0 Å². The molecule has 0 aliphatic heterocycles. The van der Waals surface area contributed by atoms with Crippen LogP contribution in [0.15, 0.2) is 71.6 Å². The third-order valence-electron chi connectivity index (χ3n) is 7.31. The zero-order chi connectivity index (χ0) is 31.0. The zero-order valence-electron chi connectivity index (χ0n) is 25.4. The average Bonchev–Trinajstić information content (AvgIpc) is 2.98. The van der Waals surface area contributed by atoms with E-state index >= 15 is 0 Å². The summed E-state index contributed by atoms with van der Waals surface area (Å²) in [5.74, 6) is -0.123. The third-order valence-corrected chi connectivity index (χ3v) is 9.10. The summed E-state index contributed by atoms with van der Waals surface area (Å²) in [6, 6.07) is 17.7. The first kappa shape index (κ1) is 32.5. The molecule has 3 aromatic rings. The van der Waals surface area contributed by atoms with Gasteiger partial charge in [0.1, 0.15) is 12.6 Å². The van der Waals surface area contributed by atoms with Gasteiger partial charge in [-0.25, -0.2) is 8.42 Å². The second kappa shape index (κ2) is 14.2. The number of aryl methyl sites for hydroxylation is 2. The molecule has 226 valence electrons. The van der Waals surface area contributed by atoms with Crippen LogP contribution in [0.5, 0.6) is 11.5 Å². The lowest BCUT2D eigenvalue weighted by molar-refractivity contribution is -0.139. The van der Waals surface area contributed by atoms with Crippen molar-refractivity contribution in [2.75, 3.05) is 25.1 Å². The molecule has 1 N–H and O–H groups in total. The Balaban J connectivity index is 2.10. The van der Waals surface area contributed by atoms with Crippen molar-refractivity contribution in [3.05, 3.63) is 83.4 Å². The van der Waals surface area contributed by atoms with Gasteiger partial charge in [0, 0.05) is 18.7 Å². The number of hydrogen-bond acceptors (Lipinski definition) is 6. The predicted octanol–water partition coefficient (Wildman–Crippen LogP) is 4.85. The fourth-order valence-corrected chi connectivity index (χ4v) is 5.77. The van der Waals surface area contributed by atoms with E-state index in [0.29, 0.717) is 11.5 Å². The first-order valence-corrected chi connectivity index (χ1v) is 15.3. The molecule has 0 aliphatic rings. The van der Waals surface area contributed by atoms with Crippen molar-refractivity contribution in [2.45, 2.75) is 64.6 Å². The number of amides is 2. The third kappa shape index (κ3) is 7.61. The van der Waals surface area contributed by atoms with Crippen molar-refractivity contribution in [3.63, 3.8) is 0 Å². The van der Waals surface area contributed by atoms with E-state index in [4.69, 9.17) is 9.47 Å². The Morgan fingerprint density at radius 2 is 1.55 bits per heavy atom. The van der Waals surface area contributed by atoms with Crippen LogP contribution >= 0.6 is 0 Å². The van der Waals surface area contributed by atoms with Gasteiger partial charge in [-0.3, -0.25) is 13.9 Å². The van der Waals surface area contributed by atoms with Crippen LogP contribution in [0.1, 0.15) is 43.9 Å². The van der Waals surface area contributed by atoms with E-state index < -0.39 is 28.5 Å². The predicted molar refractivity (Wildman–Crippen MR) is 164 cm³/mol. The number of carbonyl (C=O) groups excluding carboxylic acids is 2. The summed E-state index contributed by atoms with van der Waals surface area (Å²) in [5, 5.41) is 2.94. The molecule has 0 radical (unpaired) electrons. The maximum atomic E-state index is 14.1. The first-order valence-electron chi connectivity index (χ1n) is 13.9. The highest BCUT2D eigenvalue weighted by Crippen LogP contribution is 2.34. The normalized spacial score (nSPS) is 12.6. The summed E-state index contributed by atoms with van der Waals surface area (Å²) in [6.45, 7) is 8.89. The number of sulfonamides is 1. The molecule has 0 saturated heterocycles. The number of nitrogens with zero attached hydrogens (tertiary/aromatic N) is 2. The Kier molecular flexibility index (Phi) is 11.0. The van der Waals surface area contributed by atoms with Crippen LogP contribution in [0.3, 0.4) is 0 Å². The van der Waals surface area contributed by atoms with Crippen LogP contribution in [-0.2, 0) is 26.2 Å². The highest BCUT2D eigenvalue weighted by Gasteiger charge is 2.33. The fourth-order valence-electron chi connectivity index (χ4n) is 4.37. The van der Waals surface area contributed by atoms with E-state index in [1.165, 1.54) is 37.3 Å². The molecular weight excluding hydrogens is 554 g/mol. The number of anilines is 1. The second-order valence-corrected chi connectivity index (χ2v) is 12.2. The monoisotopic (exact) mass is 595 g/mol. The largest absolute Gasteiger partial charge is 0.493 e. The smallest absolute Gasteiger partial charge is 0.264 e. The molecule has 3 rings (SSSR count). The van der Waals surface area contributed by atoms with Gasteiger partial charge in [-0.2, -0.15) is 0 Å². The number of nitrogens with one attached hydrogen (secondary N) is 1. The number of carbonyl (C=O) groups is 2. The van der Waals surface area contributed by atoms with Crippen LogP contribution in [0, 0.1) is 13.8 Å². The van der Waals surface area contributed by atoms with Crippen molar-refractivity contribution in [1.82, 2.24) is 10.2 Å². The van der Waals surface area contributed by atoms with Gasteiger partial charge in [0.25, 0.3) is 10.0 Å². The minimum absolute atomic E-state index is 0.0312. The lowest BCUT2D eigenvalue weighted by Crippen LogP contribution is -2.52. The Morgan fingerprint density at radius 1 is 0.905 bits per heavy atom. The molecule has 0 bridgehead atoms. The van der Waals surface area contributed by atoms with Gasteiger partial charge >= 0.3 is 0 Å². The zero-order valence-corrected chi connectivity index (χ0v) is 26.2. The van der Waals surface area contributed by atoms with Gasteiger partial charge in [-0.1, -0.05) is 48.9 Å². The van der Waals surface area contributed by atoms with Crippen LogP contribution in [0.4, 0.5) is 5.69 Å². The Labute approximate surface area is 249 Å². The van der Waals surface area contributed by atoms with Crippen LogP contribution in [0.2, 0.25) is 0 Å². The molecule has 0 heterocycles. The molecular formula is C32H41N3O6S. The Bertz CT molecular complexity index is 1490. The molecule has 10 heteroatoms. The van der Waals surface area contributed by atoms with Crippen molar-refractivity contribution < 1.29 is 27.5 Å². The summed E-state index contributed by atoms with van der Waals surface area (Å²) in [4.78, 5) is 28.8. The lowest BCUT2D eigenvalue weighted by atomic mass is 10.1. The van der Waals surface area contributed by atoms with Crippen molar-refractivity contribution >= 4 is 27.5 Å². The standard InChI is InChI=1S/C32H41N3O6S/c1-8-24(4)33-32(37)25(5)34(20-26-12-10-9-11-23(26)3)31(36)21-35(27-15-18-29(40-6)30(19-27)41-7)42(38,39)28-16-13-22(2)14-17-28/h9-19,24-25H,8,20-21H2,1-7H3,(H,33,37)/t24-,25-/m1/s1. The number of ether oxygens (including phenoxy) is 2. The maximum Gasteiger partial charge on any atom is 0.264 e. The maximum absolute atomic E-state index is 14.1. The molecule has 0 unspecified atom stereocenters. The molecule has 0 aromatic heterocycles. The number of hydrogen-bond donors (Lipinski definition) is 1. The van der Waals surface area contributed by atoms with E-state index in [2.05, 4.69) is 5.32 Å². The van der Waals surface area contributed by atoms with Gasteiger partial charge in [0.15, 0.2) is 11.5 Å². The molecule has 0 aliphatic carbocycles. The minimum Gasteiger partial charge on any atom is -0.493 e. The summed E-state index contributed by atoms with van der Waals surface area (Å²) >= 11 is 0. The molecule has 3 aromatic carbocycles. The molecule has 2 amide bonds. The molecule has 9 nitrogen and oxygen atoms in total. The average molecular weight is 596 g/mol. The highest BCUT2D eigenvalue weighted by molar-refractivity contribution is 7.92. The second-order valence-electron chi connectivity index (χ2n) is 10.3. The van der Waals surface area contributed by atoms with E-state index in [9.17, 15) is 18.0 Å². The van der Waals surface area contributed by atoms with E-state index in [0.717, 1.165) is 27.4 Å². The number of benzene rings is 3. The minimum atomic E-state index is -4.21. The molecule has 0 fully saturated rings. The van der Waals surface area contributed by atoms with Gasteiger partial charge < -0.3 is 19.7 Å². The summed E-state index contributed by atoms with van der Waals surface area (Å²) in [6.07, 6.45) is 0.728. The molecule has 0 saturated carbocycles. The van der Waals surface area contributed by atoms with E-state index in [1.54, 1.807) is 31.2 Å².